The van der Waals surface area contributed by atoms with Crippen molar-refractivity contribution in [2.75, 3.05) is 0 Å². The Hall–Kier alpha value is -0.260. The van der Waals surface area contributed by atoms with Crippen molar-refractivity contribution in [2.24, 2.45) is 0 Å². The normalized spacial score (nSPS) is 12.1. The van der Waals surface area contributed by atoms with Gasteiger partial charge in [-0.05, 0) is 32.1 Å². The lowest BCUT2D eigenvalue weighted by atomic mass is 10.0. The van der Waals surface area contributed by atoms with Crippen LogP contribution < -0.4 is 0 Å². The second kappa shape index (κ2) is 13.8. The Labute approximate surface area is 110 Å². The molecule has 0 aliphatic carbocycles. The minimum Gasteiger partial charge on any atom is -0.0853 e. The van der Waals surface area contributed by atoms with Crippen molar-refractivity contribution in [3.63, 3.8) is 0 Å². The van der Waals surface area contributed by atoms with Crippen molar-refractivity contribution in [3.8, 4) is 0 Å². The van der Waals surface area contributed by atoms with Crippen LogP contribution in [0, 0.1) is 0 Å². The van der Waals surface area contributed by atoms with E-state index >= 15 is 0 Å². The third-order valence-electron chi connectivity index (χ3n) is 3.41. The number of hydrogen-bond acceptors (Lipinski definition) is 0. The highest BCUT2D eigenvalue weighted by Crippen LogP contribution is 2.17. The molecular weight excluding hydrogens is 204 g/mol. The molecule has 17 heavy (non-hydrogen) atoms. The molecule has 0 unspecified atom stereocenters. The topological polar surface area (TPSA) is 0 Å². The molecule has 0 atom stereocenters. The zero-order valence-electron chi connectivity index (χ0n) is 12.6. The lowest BCUT2D eigenvalue weighted by Gasteiger charge is -2.06. The van der Waals surface area contributed by atoms with Gasteiger partial charge in [-0.3, -0.25) is 0 Å². The Balaban J connectivity index is 3.66. The first-order valence-corrected chi connectivity index (χ1v) is 8.03. The highest BCUT2D eigenvalue weighted by Gasteiger charge is 1.97. The Kier molecular flexibility index (Phi) is 13.6. The van der Waals surface area contributed by atoms with E-state index in [2.05, 4.69) is 26.8 Å². The predicted molar refractivity (Wildman–Crippen MR) is 80.5 cm³/mol. The molecule has 0 nitrogen and oxygen atoms in total. The maximum absolute atomic E-state index is 2.55. The molecule has 0 saturated heterocycles. The van der Waals surface area contributed by atoms with Crippen LogP contribution in [-0.2, 0) is 0 Å². The van der Waals surface area contributed by atoms with E-state index < -0.39 is 0 Å². The fourth-order valence-electron chi connectivity index (χ4n) is 2.31. The lowest BCUT2D eigenvalue weighted by molar-refractivity contribution is 0.643. The molecule has 0 aromatic heterocycles. The summed E-state index contributed by atoms with van der Waals surface area (Å²) in [5, 5.41) is 0. The average Bonchev–Trinajstić information content (AvgIpc) is 2.34. The number of rotatable bonds is 12. The van der Waals surface area contributed by atoms with Crippen molar-refractivity contribution in [1.82, 2.24) is 0 Å². The average molecular weight is 238 g/mol. The van der Waals surface area contributed by atoms with E-state index in [1.807, 2.05) is 0 Å². The molecule has 0 aromatic rings. The van der Waals surface area contributed by atoms with E-state index in [9.17, 15) is 0 Å². The molecule has 0 heterocycles. The van der Waals surface area contributed by atoms with Crippen LogP contribution in [0.3, 0.4) is 0 Å². The molecule has 0 rings (SSSR count). The highest BCUT2D eigenvalue weighted by molar-refractivity contribution is 5.01. The molecule has 0 radical (unpaired) electrons. The van der Waals surface area contributed by atoms with Gasteiger partial charge in [0.15, 0.2) is 0 Å². The first-order valence-electron chi connectivity index (χ1n) is 8.03. The Morgan fingerprint density at radius 1 is 0.647 bits per heavy atom. The molecule has 0 aliphatic rings. The van der Waals surface area contributed by atoms with Gasteiger partial charge in [-0.2, -0.15) is 0 Å². The predicted octanol–water partition coefficient (Wildman–Crippen LogP) is 6.65. The quantitative estimate of drug-likeness (QED) is 0.263. The van der Waals surface area contributed by atoms with Gasteiger partial charge in [0.2, 0.25) is 0 Å². The third kappa shape index (κ3) is 12.0. The molecule has 0 bridgehead atoms. The van der Waals surface area contributed by atoms with Gasteiger partial charge >= 0.3 is 0 Å². The summed E-state index contributed by atoms with van der Waals surface area (Å²) in [7, 11) is 0. The van der Waals surface area contributed by atoms with Crippen LogP contribution in [-0.4, -0.2) is 0 Å². The summed E-state index contributed by atoms with van der Waals surface area (Å²) in [4.78, 5) is 0. The molecule has 0 spiro atoms. The fourth-order valence-corrected chi connectivity index (χ4v) is 2.31. The zero-order chi connectivity index (χ0) is 12.8. The van der Waals surface area contributed by atoms with E-state index in [1.54, 1.807) is 5.57 Å². The zero-order valence-corrected chi connectivity index (χ0v) is 12.6. The third-order valence-corrected chi connectivity index (χ3v) is 3.41. The summed E-state index contributed by atoms with van der Waals surface area (Å²) in [5.41, 5.74) is 1.74. The molecule has 0 saturated carbocycles. The molecular formula is C17H34. The number of unbranched alkanes of at least 4 members (excludes halogenated alkanes) is 7. The minimum atomic E-state index is 1.31. The summed E-state index contributed by atoms with van der Waals surface area (Å²) in [5.74, 6) is 0. The minimum absolute atomic E-state index is 1.31. The van der Waals surface area contributed by atoms with Crippen LogP contribution in [0.15, 0.2) is 11.6 Å². The monoisotopic (exact) mass is 238 g/mol. The van der Waals surface area contributed by atoms with E-state index in [4.69, 9.17) is 0 Å². The maximum atomic E-state index is 2.55. The van der Waals surface area contributed by atoms with E-state index in [0.29, 0.717) is 0 Å². The van der Waals surface area contributed by atoms with Crippen molar-refractivity contribution >= 4 is 0 Å². The second-order valence-electron chi connectivity index (χ2n) is 5.27. The SMILES string of the molecule is CCCCCC/C=C(\CCC)CCCCCC. The first-order chi connectivity index (χ1) is 8.35. The van der Waals surface area contributed by atoms with Crippen molar-refractivity contribution in [1.29, 1.82) is 0 Å². The Morgan fingerprint density at radius 2 is 1.29 bits per heavy atom. The van der Waals surface area contributed by atoms with E-state index in [1.165, 1.54) is 77.0 Å². The van der Waals surface area contributed by atoms with Crippen molar-refractivity contribution in [3.05, 3.63) is 11.6 Å². The number of hydrogen-bond donors (Lipinski definition) is 0. The van der Waals surface area contributed by atoms with Crippen LogP contribution in [0.25, 0.3) is 0 Å². The Bertz CT molecular complexity index is 167. The lowest BCUT2D eigenvalue weighted by Crippen LogP contribution is -1.86. The summed E-state index contributed by atoms with van der Waals surface area (Å²) in [6, 6.07) is 0. The standard InChI is InChI=1S/C17H34/c1-4-7-9-11-13-16-17(14-6-3)15-12-10-8-5-2/h16H,4-15H2,1-3H3/b17-16+. The highest BCUT2D eigenvalue weighted by atomic mass is 14.0. The van der Waals surface area contributed by atoms with E-state index in [0.717, 1.165) is 0 Å². The molecule has 0 aromatic carbocycles. The summed E-state index contributed by atoms with van der Waals surface area (Å²) in [6.07, 6.45) is 19.1. The molecule has 0 aliphatic heterocycles. The summed E-state index contributed by atoms with van der Waals surface area (Å²) >= 11 is 0. The van der Waals surface area contributed by atoms with Gasteiger partial charge in [0.1, 0.15) is 0 Å². The van der Waals surface area contributed by atoms with Gasteiger partial charge in [-0.15, -0.1) is 0 Å². The van der Waals surface area contributed by atoms with Gasteiger partial charge < -0.3 is 0 Å². The summed E-state index contributed by atoms with van der Waals surface area (Å²) in [6.45, 7) is 6.87. The number of allylic oxidation sites excluding steroid dienone is 2. The van der Waals surface area contributed by atoms with Crippen LogP contribution in [0.2, 0.25) is 0 Å². The Morgan fingerprint density at radius 3 is 1.88 bits per heavy atom. The maximum Gasteiger partial charge on any atom is -0.0320 e. The molecule has 0 amide bonds. The van der Waals surface area contributed by atoms with Gasteiger partial charge in [0.05, 0.1) is 0 Å². The summed E-state index contributed by atoms with van der Waals surface area (Å²) < 4.78 is 0. The van der Waals surface area contributed by atoms with Crippen LogP contribution >= 0.6 is 0 Å². The fraction of sp³-hybridized carbons (Fsp3) is 0.882. The van der Waals surface area contributed by atoms with Gasteiger partial charge in [-0.25, -0.2) is 0 Å². The van der Waals surface area contributed by atoms with Gasteiger partial charge in [0.25, 0.3) is 0 Å². The van der Waals surface area contributed by atoms with Crippen molar-refractivity contribution < 1.29 is 0 Å². The molecule has 102 valence electrons. The largest absolute Gasteiger partial charge is 0.0853 e. The first kappa shape index (κ1) is 16.7. The van der Waals surface area contributed by atoms with Crippen molar-refractivity contribution in [2.45, 2.75) is 97.8 Å². The van der Waals surface area contributed by atoms with Crippen LogP contribution in [0.4, 0.5) is 0 Å². The van der Waals surface area contributed by atoms with Crippen LogP contribution in [0.5, 0.6) is 0 Å². The molecule has 0 fully saturated rings. The molecule has 0 N–H and O–H groups in total. The van der Waals surface area contributed by atoms with Gasteiger partial charge in [0, 0.05) is 0 Å². The smallest absolute Gasteiger partial charge is 0.0320 e. The van der Waals surface area contributed by atoms with Crippen LogP contribution in [0.1, 0.15) is 97.8 Å². The van der Waals surface area contributed by atoms with E-state index in [-0.39, 0.29) is 0 Å². The second-order valence-corrected chi connectivity index (χ2v) is 5.27. The van der Waals surface area contributed by atoms with Gasteiger partial charge in [-0.1, -0.05) is 77.4 Å². The molecule has 0 heteroatoms.